The molecular weight excluding hydrogens is 391 g/mol. The number of piperidine rings is 1. The quantitative estimate of drug-likeness (QED) is 0.734. The molecule has 1 N–H and O–H groups in total. The van der Waals surface area contributed by atoms with E-state index in [2.05, 4.69) is 11.3 Å². The van der Waals surface area contributed by atoms with Crippen LogP contribution in [0.2, 0.25) is 10.0 Å². The number of amides is 1. The van der Waals surface area contributed by atoms with Crippen LogP contribution in [0.3, 0.4) is 0 Å². The van der Waals surface area contributed by atoms with E-state index in [1.54, 1.807) is 23.1 Å². The first kappa shape index (κ1) is 19.6. The van der Waals surface area contributed by atoms with E-state index in [0.29, 0.717) is 36.0 Å². The van der Waals surface area contributed by atoms with Crippen LogP contribution in [-0.2, 0) is 14.8 Å². The Morgan fingerprint density at radius 2 is 2.04 bits per heavy atom. The van der Waals surface area contributed by atoms with Crippen molar-refractivity contribution in [2.24, 2.45) is 0 Å². The van der Waals surface area contributed by atoms with E-state index in [1.165, 1.54) is 11.8 Å². The van der Waals surface area contributed by atoms with E-state index in [0.717, 1.165) is 10.3 Å². The molecule has 1 heterocycles. The minimum absolute atomic E-state index is 0.0102. The molecule has 1 aliphatic heterocycles. The molecule has 1 amide bonds. The van der Waals surface area contributed by atoms with Crippen LogP contribution in [0.1, 0.15) is 12.8 Å². The molecule has 0 atom stereocenters. The Morgan fingerprint density at radius 3 is 2.62 bits per heavy atom. The Morgan fingerprint density at radius 1 is 1.38 bits per heavy atom. The maximum absolute atomic E-state index is 12.3. The third kappa shape index (κ3) is 5.67. The molecule has 1 aromatic carbocycles. The van der Waals surface area contributed by atoms with E-state index in [-0.39, 0.29) is 17.7 Å². The number of carbonyl (C=O) groups excluding carboxylic acids is 1. The molecule has 24 heavy (non-hydrogen) atoms. The molecule has 0 unspecified atom stereocenters. The summed E-state index contributed by atoms with van der Waals surface area (Å²) >= 11 is 13.3. The van der Waals surface area contributed by atoms with Gasteiger partial charge in [0.1, 0.15) is 0 Å². The van der Waals surface area contributed by atoms with Crippen LogP contribution in [-0.4, -0.2) is 44.1 Å². The van der Waals surface area contributed by atoms with Gasteiger partial charge in [-0.15, -0.1) is 11.8 Å². The molecule has 0 bridgehead atoms. The summed E-state index contributed by atoms with van der Waals surface area (Å²) in [4.78, 5) is 14.8. The van der Waals surface area contributed by atoms with Gasteiger partial charge in [-0.25, -0.2) is 13.1 Å². The van der Waals surface area contributed by atoms with Gasteiger partial charge in [0.25, 0.3) is 0 Å². The summed E-state index contributed by atoms with van der Waals surface area (Å²) in [5.41, 5.74) is 0. The van der Waals surface area contributed by atoms with Crippen molar-refractivity contribution >= 4 is 50.9 Å². The number of carbonyl (C=O) groups is 1. The normalized spacial score (nSPS) is 16.2. The number of sulfonamides is 1. The Hall–Kier alpha value is -0.730. The molecule has 1 saturated heterocycles. The van der Waals surface area contributed by atoms with Gasteiger partial charge in [-0.1, -0.05) is 29.8 Å². The number of hydrogen-bond donors (Lipinski definition) is 1. The van der Waals surface area contributed by atoms with E-state index in [9.17, 15) is 13.2 Å². The van der Waals surface area contributed by atoms with Crippen molar-refractivity contribution in [1.29, 1.82) is 0 Å². The standard InChI is InChI=1S/C15H18Cl2N2O3S2/c1-2-24(21,22)18-12-5-7-19(8-6-12)15(20)10-23-14-4-3-11(16)9-13(14)17/h2-4,9,12,18H,1,5-8,10H2. The van der Waals surface area contributed by atoms with Gasteiger partial charge in [0.15, 0.2) is 0 Å². The van der Waals surface area contributed by atoms with E-state index < -0.39 is 10.0 Å². The zero-order valence-electron chi connectivity index (χ0n) is 12.9. The topological polar surface area (TPSA) is 66.5 Å². The van der Waals surface area contributed by atoms with Crippen LogP contribution in [0.15, 0.2) is 35.1 Å². The smallest absolute Gasteiger partial charge is 0.233 e. The van der Waals surface area contributed by atoms with Crippen LogP contribution < -0.4 is 4.72 Å². The summed E-state index contributed by atoms with van der Waals surface area (Å²) in [6.07, 6.45) is 1.18. The third-order valence-electron chi connectivity index (χ3n) is 3.64. The molecule has 0 spiro atoms. The number of benzene rings is 1. The number of nitrogens with one attached hydrogen (secondary N) is 1. The number of halogens is 2. The summed E-state index contributed by atoms with van der Waals surface area (Å²) in [5.74, 6) is 0.292. The first-order chi connectivity index (χ1) is 11.3. The minimum Gasteiger partial charge on any atom is -0.342 e. The minimum atomic E-state index is -3.43. The van der Waals surface area contributed by atoms with Gasteiger partial charge in [-0.2, -0.15) is 0 Å². The van der Waals surface area contributed by atoms with Gasteiger partial charge >= 0.3 is 0 Å². The van der Waals surface area contributed by atoms with Gasteiger partial charge in [-0.3, -0.25) is 4.79 Å². The Labute approximate surface area is 156 Å². The average Bonchev–Trinajstić information content (AvgIpc) is 2.54. The second-order valence-electron chi connectivity index (χ2n) is 5.35. The molecule has 0 aliphatic carbocycles. The average molecular weight is 409 g/mol. The van der Waals surface area contributed by atoms with Crippen LogP contribution in [0.5, 0.6) is 0 Å². The maximum atomic E-state index is 12.3. The number of hydrogen-bond acceptors (Lipinski definition) is 4. The van der Waals surface area contributed by atoms with Crippen molar-refractivity contribution in [3.63, 3.8) is 0 Å². The third-order valence-corrected chi connectivity index (χ3v) is 6.46. The highest BCUT2D eigenvalue weighted by Gasteiger charge is 2.25. The van der Waals surface area contributed by atoms with E-state index >= 15 is 0 Å². The summed E-state index contributed by atoms with van der Waals surface area (Å²) in [5, 5.41) is 1.98. The fourth-order valence-electron chi connectivity index (χ4n) is 2.35. The molecular formula is C15H18Cl2N2O3S2. The van der Waals surface area contributed by atoms with Crippen molar-refractivity contribution in [3.05, 3.63) is 40.2 Å². The number of thioether (sulfide) groups is 1. The largest absolute Gasteiger partial charge is 0.342 e. The molecule has 9 heteroatoms. The maximum Gasteiger partial charge on any atom is 0.233 e. The highest BCUT2D eigenvalue weighted by Crippen LogP contribution is 2.30. The summed E-state index contributed by atoms with van der Waals surface area (Å²) in [6.45, 7) is 4.32. The lowest BCUT2D eigenvalue weighted by Crippen LogP contribution is -2.46. The fraction of sp³-hybridized carbons (Fsp3) is 0.400. The zero-order chi connectivity index (χ0) is 17.7. The number of nitrogens with zero attached hydrogens (tertiary/aromatic N) is 1. The van der Waals surface area contributed by atoms with Crippen molar-refractivity contribution in [2.75, 3.05) is 18.8 Å². The van der Waals surface area contributed by atoms with Crippen LogP contribution in [0.25, 0.3) is 0 Å². The predicted octanol–water partition coefficient (Wildman–Crippen LogP) is 3.14. The van der Waals surface area contributed by atoms with Crippen LogP contribution in [0, 0.1) is 0 Å². The van der Waals surface area contributed by atoms with Gasteiger partial charge < -0.3 is 4.90 Å². The Kier molecular flexibility index (Phi) is 7.00. The number of likely N-dealkylation sites (tertiary alicyclic amines) is 1. The molecule has 1 aliphatic rings. The summed E-state index contributed by atoms with van der Waals surface area (Å²) in [6, 6.07) is 5.01. The number of rotatable bonds is 6. The van der Waals surface area contributed by atoms with Crippen LogP contribution in [0.4, 0.5) is 0 Å². The second kappa shape index (κ2) is 8.58. The SMILES string of the molecule is C=CS(=O)(=O)NC1CCN(C(=O)CSc2ccc(Cl)cc2Cl)CC1. The van der Waals surface area contributed by atoms with E-state index in [1.807, 2.05) is 0 Å². The highest BCUT2D eigenvalue weighted by molar-refractivity contribution is 8.00. The van der Waals surface area contributed by atoms with Gasteiger partial charge in [-0.05, 0) is 31.0 Å². The van der Waals surface area contributed by atoms with Crippen LogP contribution >= 0.6 is 35.0 Å². The molecule has 2 rings (SSSR count). The Bertz CT molecular complexity index is 717. The van der Waals surface area contributed by atoms with Crippen molar-refractivity contribution in [3.8, 4) is 0 Å². The monoisotopic (exact) mass is 408 g/mol. The van der Waals surface area contributed by atoms with Gasteiger partial charge in [0.2, 0.25) is 15.9 Å². The van der Waals surface area contributed by atoms with Gasteiger partial charge in [0.05, 0.1) is 10.8 Å². The molecule has 1 aromatic rings. The van der Waals surface area contributed by atoms with Crippen molar-refractivity contribution in [2.45, 2.75) is 23.8 Å². The lowest BCUT2D eigenvalue weighted by molar-refractivity contribution is -0.129. The molecule has 1 fully saturated rings. The molecule has 0 radical (unpaired) electrons. The van der Waals surface area contributed by atoms with Crippen molar-refractivity contribution in [1.82, 2.24) is 9.62 Å². The zero-order valence-corrected chi connectivity index (χ0v) is 16.0. The highest BCUT2D eigenvalue weighted by atomic mass is 35.5. The first-order valence-corrected chi connectivity index (χ1v) is 10.6. The molecule has 132 valence electrons. The fourth-order valence-corrected chi connectivity index (χ4v) is 4.54. The lowest BCUT2D eigenvalue weighted by atomic mass is 10.1. The molecule has 0 saturated carbocycles. The molecule has 5 nitrogen and oxygen atoms in total. The lowest BCUT2D eigenvalue weighted by Gasteiger charge is -2.32. The predicted molar refractivity (Wildman–Crippen MR) is 99.0 cm³/mol. The Balaban J connectivity index is 1.81. The second-order valence-corrected chi connectivity index (χ2v) is 8.87. The first-order valence-electron chi connectivity index (χ1n) is 7.31. The van der Waals surface area contributed by atoms with Crippen molar-refractivity contribution < 1.29 is 13.2 Å². The summed E-state index contributed by atoms with van der Waals surface area (Å²) < 4.78 is 25.5. The van der Waals surface area contributed by atoms with E-state index in [4.69, 9.17) is 23.2 Å². The molecule has 0 aromatic heterocycles. The van der Waals surface area contributed by atoms with Gasteiger partial charge in [0, 0.05) is 34.5 Å². The summed E-state index contributed by atoms with van der Waals surface area (Å²) in [7, 11) is -3.43.